The fourth-order valence-electron chi connectivity index (χ4n) is 4.23. The molecule has 9 heteroatoms. The van der Waals surface area contributed by atoms with E-state index in [1.807, 2.05) is 58.9 Å². The predicted octanol–water partition coefficient (Wildman–Crippen LogP) is 3.64. The van der Waals surface area contributed by atoms with Crippen LogP contribution in [0, 0.1) is 6.92 Å². The van der Waals surface area contributed by atoms with Gasteiger partial charge in [0.1, 0.15) is 10.9 Å². The number of benzene rings is 2. The lowest BCUT2D eigenvalue weighted by atomic mass is 10.0. The van der Waals surface area contributed by atoms with Crippen molar-refractivity contribution in [3.05, 3.63) is 65.2 Å². The monoisotopic (exact) mass is 513 g/mol. The van der Waals surface area contributed by atoms with E-state index in [0.717, 1.165) is 15.4 Å². The summed E-state index contributed by atoms with van der Waals surface area (Å²) in [5, 5.41) is 2.96. The molecule has 1 aliphatic rings. The molecule has 3 rings (SSSR count). The zero-order valence-corrected chi connectivity index (χ0v) is 22.4. The van der Waals surface area contributed by atoms with E-state index in [-0.39, 0.29) is 48.2 Å². The number of sulfonamides is 1. The second kappa shape index (κ2) is 10.8. The zero-order chi connectivity index (χ0) is 26.7. The quantitative estimate of drug-likeness (QED) is 0.551. The minimum Gasteiger partial charge on any atom is -0.350 e. The summed E-state index contributed by atoms with van der Waals surface area (Å²) in [5.41, 5.74) is 1.67. The van der Waals surface area contributed by atoms with E-state index in [0.29, 0.717) is 6.42 Å². The van der Waals surface area contributed by atoms with Crippen molar-refractivity contribution in [2.75, 3.05) is 6.54 Å². The average molecular weight is 514 g/mol. The Kier molecular flexibility index (Phi) is 8.23. The third-order valence-corrected chi connectivity index (χ3v) is 7.86. The number of fused-ring (bicyclic) bond motifs is 1. The van der Waals surface area contributed by atoms with Crippen molar-refractivity contribution in [3.63, 3.8) is 0 Å². The lowest BCUT2D eigenvalue weighted by Crippen LogP contribution is -2.53. The molecule has 36 heavy (non-hydrogen) atoms. The largest absolute Gasteiger partial charge is 0.350 e. The summed E-state index contributed by atoms with van der Waals surface area (Å²) in [6.45, 7) is 9.63. The lowest BCUT2D eigenvalue weighted by molar-refractivity contribution is -0.142. The summed E-state index contributed by atoms with van der Waals surface area (Å²) in [6.07, 6.45) is 0.578. The Hall–Kier alpha value is -3.20. The topological polar surface area (TPSA) is 104 Å². The van der Waals surface area contributed by atoms with Crippen LogP contribution in [0.2, 0.25) is 0 Å². The Morgan fingerprint density at radius 2 is 1.69 bits per heavy atom. The van der Waals surface area contributed by atoms with Crippen LogP contribution in [0.25, 0.3) is 0 Å². The fraction of sp³-hybridized carbons (Fsp3) is 0.444. The molecule has 1 heterocycles. The number of hydrogen-bond acceptors (Lipinski definition) is 5. The molecule has 1 N–H and O–H groups in total. The third kappa shape index (κ3) is 6.13. The highest BCUT2D eigenvalue weighted by atomic mass is 32.2. The van der Waals surface area contributed by atoms with Gasteiger partial charge in [-0.3, -0.25) is 14.4 Å². The van der Waals surface area contributed by atoms with E-state index in [1.54, 1.807) is 17.0 Å². The van der Waals surface area contributed by atoms with Gasteiger partial charge in [-0.2, -0.15) is 0 Å². The first-order chi connectivity index (χ1) is 16.8. The summed E-state index contributed by atoms with van der Waals surface area (Å²) in [5.74, 6) is -1.09. The third-order valence-electron chi connectivity index (χ3n) is 6.02. The van der Waals surface area contributed by atoms with Crippen LogP contribution < -0.4 is 5.32 Å². The second-order valence-electron chi connectivity index (χ2n) is 10.2. The Labute approximate surface area is 213 Å². The molecular formula is C27H35N3O5S. The fourth-order valence-corrected chi connectivity index (χ4v) is 5.84. The number of nitrogens with one attached hydrogen (secondary N) is 1. The molecule has 0 radical (unpaired) electrons. The first-order valence-corrected chi connectivity index (χ1v) is 13.6. The Bertz CT molecular complexity index is 1230. The van der Waals surface area contributed by atoms with E-state index in [1.165, 1.54) is 12.1 Å². The maximum atomic E-state index is 13.4. The van der Waals surface area contributed by atoms with E-state index in [9.17, 15) is 22.8 Å². The molecule has 0 bridgehead atoms. The van der Waals surface area contributed by atoms with Crippen LogP contribution in [-0.4, -0.2) is 53.5 Å². The van der Waals surface area contributed by atoms with Crippen LogP contribution in [0.4, 0.5) is 0 Å². The summed E-state index contributed by atoms with van der Waals surface area (Å²) < 4.78 is 26.4. The van der Waals surface area contributed by atoms with E-state index >= 15 is 0 Å². The van der Waals surface area contributed by atoms with Gasteiger partial charge in [-0.15, -0.1) is 0 Å². The van der Waals surface area contributed by atoms with Crippen molar-refractivity contribution in [3.8, 4) is 0 Å². The molecule has 1 atom stereocenters. The number of carbonyl (C=O) groups excluding carboxylic acids is 3. The summed E-state index contributed by atoms with van der Waals surface area (Å²) in [4.78, 5) is 40.7. The molecule has 0 aliphatic carbocycles. The number of nitrogens with zero attached hydrogens (tertiary/aromatic N) is 2. The normalized spacial score (nSPS) is 15.4. The molecule has 3 amide bonds. The lowest BCUT2D eigenvalue weighted by Gasteiger charge is -2.33. The Morgan fingerprint density at radius 3 is 2.28 bits per heavy atom. The summed E-state index contributed by atoms with van der Waals surface area (Å²) in [6, 6.07) is 13.2. The molecule has 2 aromatic rings. The molecule has 0 saturated carbocycles. The first-order valence-electron chi connectivity index (χ1n) is 12.2. The van der Waals surface area contributed by atoms with Crippen molar-refractivity contribution in [1.29, 1.82) is 0 Å². The maximum absolute atomic E-state index is 13.4. The van der Waals surface area contributed by atoms with Gasteiger partial charge in [0.2, 0.25) is 11.8 Å². The van der Waals surface area contributed by atoms with Crippen LogP contribution in [-0.2, 0) is 26.2 Å². The minimum atomic E-state index is -3.93. The Morgan fingerprint density at radius 1 is 1.06 bits per heavy atom. The van der Waals surface area contributed by atoms with E-state index in [2.05, 4.69) is 5.32 Å². The number of carbonyl (C=O) groups is 3. The van der Waals surface area contributed by atoms with Gasteiger partial charge in [0, 0.05) is 25.0 Å². The Balaban J connectivity index is 1.76. The van der Waals surface area contributed by atoms with Gasteiger partial charge in [-0.1, -0.05) is 48.9 Å². The zero-order valence-electron chi connectivity index (χ0n) is 21.6. The minimum absolute atomic E-state index is 0.000798. The summed E-state index contributed by atoms with van der Waals surface area (Å²) >= 11 is 0. The number of hydrogen-bond donors (Lipinski definition) is 1. The standard InChI is InChI=1S/C27H35N3O5S/c1-6-22(25(32)28-27(3,4)5)29(18-20-15-13-19(2)14-16-20)24(31)12-9-17-30-26(33)21-10-7-8-11-23(21)36(30,34)35/h7-8,10-11,13-16,22H,6,9,12,17-18H2,1-5H3,(H,28,32). The van der Waals surface area contributed by atoms with Crippen molar-refractivity contribution in [2.24, 2.45) is 0 Å². The highest BCUT2D eigenvalue weighted by Gasteiger charge is 2.40. The van der Waals surface area contributed by atoms with Crippen LogP contribution in [0.15, 0.2) is 53.4 Å². The van der Waals surface area contributed by atoms with Gasteiger partial charge < -0.3 is 10.2 Å². The van der Waals surface area contributed by atoms with Crippen molar-refractivity contribution >= 4 is 27.7 Å². The molecule has 1 aliphatic heterocycles. The molecule has 2 aromatic carbocycles. The van der Waals surface area contributed by atoms with Gasteiger partial charge in [0.25, 0.3) is 15.9 Å². The van der Waals surface area contributed by atoms with Gasteiger partial charge in [0.05, 0.1) is 5.56 Å². The highest BCUT2D eigenvalue weighted by molar-refractivity contribution is 7.90. The number of amides is 3. The van der Waals surface area contributed by atoms with Crippen LogP contribution in [0.3, 0.4) is 0 Å². The smallest absolute Gasteiger partial charge is 0.269 e. The van der Waals surface area contributed by atoms with E-state index < -0.39 is 27.5 Å². The predicted molar refractivity (Wildman–Crippen MR) is 138 cm³/mol. The molecule has 0 spiro atoms. The van der Waals surface area contributed by atoms with Crippen LogP contribution in [0.1, 0.15) is 68.4 Å². The SMILES string of the molecule is CCC(C(=O)NC(C)(C)C)N(Cc1ccc(C)cc1)C(=O)CCCN1C(=O)c2ccccc2S1(=O)=O. The number of aryl methyl sites for hydroxylation is 1. The van der Waals surface area contributed by atoms with Gasteiger partial charge in [-0.05, 0) is 58.2 Å². The molecule has 8 nitrogen and oxygen atoms in total. The molecule has 0 fully saturated rings. The number of rotatable bonds is 9. The van der Waals surface area contributed by atoms with Gasteiger partial charge >= 0.3 is 0 Å². The molecule has 0 saturated heterocycles. The van der Waals surface area contributed by atoms with Crippen molar-refractivity contribution in [2.45, 2.75) is 76.9 Å². The van der Waals surface area contributed by atoms with Gasteiger partial charge in [0.15, 0.2) is 0 Å². The molecular weight excluding hydrogens is 478 g/mol. The first kappa shape index (κ1) is 27.4. The molecule has 0 aromatic heterocycles. The maximum Gasteiger partial charge on any atom is 0.269 e. The second-order valence-corrected chi connectivity index (χ2v) is 12.0. The van der Waals surface area contributed by atoms with Crippen molar-refractivity contribution in [1.82, 2.24) is 14.5 Å². The summed E-state index contributed by atoms with van der Waals surface area (Å²) in [7, 11) is -3.93. The average Bonchev–Trinajstić information content (AvgIpc) is 2.99. The van der Waals surface area contributed by atoms with Gasteiger partial charge in [-0.25, -0.2) is 12.7 Å². The van der Waals surface area contributed by atoms with Crippen LogP contribution >= 0.6 is 0 Å². The van der Waals surface area contributed by atoms with Crippen molar-refractivity contribution < 1.29 is 22.8 Å². The van der Waals surface area contributed by atoms with E-state index in [4.69, 9.17) is 0 Å². The van der Waals surface area contributed by atoms with Crippen LogP contribution in [0.5, 0.6) is 0 Å². The molecule has 194 valence electrons. The molecule has 1 unspecified atom stereocenters. The highest BCUT2D eigenvalue weighted by Crippen LogP contribution is 2.30.